The summed E-state index contributed by atoms with van der Waals surface area (Å²) in [4.78, 5) is 39.7. The number of aryl methyl sites for hydroxylation is 3. The number of fused-ring (bicyclic) bond motifs is 5. The van der Waals surface area contributed by atoms with Crippen molar-refractivity contribution in [1.82, 2.24) is 19.4 Å². The van der Waals surface area contributed by atoms with Crippen LogP contribution in [-0.2, 0) is 24.1 Å². The van der Waals surface area contributed by atoms with Crippen LogP contribution < -0.4 is 15.3 Å². The number of carbonyl (C=O) groups is 1. The van der Waals surface area contributed by atoms with E-state index in [4.69, 9.17) is 9.72 Å². The van der Waals surface area contributed by atoms with E-state index in [1.165, 1.54) is 12.1 Å². The number of rotatable bonds is 5. The summed E-state index contributed by atoms with van der Waals surface area (Å²) in [7, 11) is 0. The number of hydrogen-bond acceptors (Lipinski definition) is 6. The predicted molar refractivity (Wildman–Crippen MR) is 167 cm³/mol. The van der Waals surface area contributed by atoms with Crippen molar-refractivity contribution in [3.63, 3.8) is 0 Å². The number of hydrogen-bond donors (Lipinski definition) is 0. The zero-order chi connectivity index (χ0) is 30.4. The summed E-state index contributed by atoms with van der Waals surface area (Å²) < 4.78 is 23.8. The van der Waals surface area contributed by atoms with Crippen LogP contribution >= 0.6 is 0 Å². The fourth-order valence-corrected chi connectivity index (χ4v) is 6.62. The van der Waals surface area contributed by atoms with Gasteiger partial charge in [0.15, 0.2) is 5.75 Å². The molecule has 2 aromatic heterocycles. The highest BCUT2D eigenvalue weighted by Crippen LogP contribution is 2.46. The molecule has 0 bridgehead atoms. The molecule has 6 rings (SSSR count). The standard InChI is InChI=1S/C34H36FN5O3/c1-6-22-17-36-18-23(7-2)30(22)40-31-25(33(37-34(40)42)39-14-13-38(19-21(39)5)27(41)8-3)16-20(4)28-29-24(10-9-11-26(29)35)12-15-43-32(28)31/h8-11,16-18,21H,3,6-7,12-15,19H2,1-2,4-5H3/t21-/m0/s1. The zero-order valence-electron chi connectivity index (χ0n) is 25.1. The third-order valence-corrected chi connectivity index (χ3v) is 8.72. The predicted octanol–water partition coefficient (Wildman–Crippen LogP) is 5.18. The number of halogens is 1. The number of carbonyl (C=O) groups excluding carboxylic acids is 1. The van der Waals surface area contributed by atoms with Crippen LogP contribution in [0.1, 0.15) is 43.0 Å². The van der Waals surface area contributed by atoms with Crippen molar-refractivity contribution in [3.05, 3.63) is 87.9 Å². The Hall–Kier alpha value is -4.53. The lowest BCUT2D eigenvalue weighted by Gasteiger charge is -2.40. The van der Waals surface area contributed by atoms with Crippen molar-refractivity contribution < 1.29 is 13.9 Å². The van der Waals surface area contributed by atoms with Crippen LogP contribution in [0.15, 0.2) is 54.1 Å². The van der Waals surface area contributed by atoms with Gasteiger partial charge in [-0.15, -0.1) is 0 Å². The molecule has 0 N–H and O–H groups in total. The first-order valence-electron chi connectivity index (χ1n) is 14.9. The van der Waals surface area contributed by atoms with E-state index in [0.29, 0.717) is 73.7 Å². The molecule has 43 heavy (non-hydrogen) atoms. The van der Waals surface area contributed by atoms with Gasteiger partial charge < -0.3 is 14.5 Å². The smallest absolute Gasteiger partial charge is 0.354 e. The van der Waals surface area contributed by atoms with Crippen molar-refractivity contribution in [3.8, 4) is 22.6 Å². The quantitative estimate of drug-likeness (QED) is 0.302. The van der Waals surface area contributed by atoms with E-state index in [9.17, 15) is 9.59 Å². The van der Waals surface area contributed by atoms with Gasteiger partial charge in [0.25, 0.3) is 0 Å². The monoisotopic (exact) mass is 581 g/mol. The number of pyridine rings is 1. The molecule has 0 aliphatic carbocycles. The van der Waals surface area contributed by atoms with Gasteiger partial charge in [0.2, 0.25) is 5.91 Å². The Labute approximate surface area is 250 Å². The highest BCUT2D eigenvalue weighted by Gasteiger charge is 2.32. The Kier molecular flexibility index (Phi) is 7.50. The minimum absolute atomic E-state index is 0.111. The number of benzene rings is 2. The van der Waals surface area contributed by atoms with Gasteiger partial charge in [-0.1, -0.05) is 32.6 Å². The molecule has 4 aromatic rings. The van der Waals surface area contributed by atoms with Crippen molar-refractivity contribution in [2.45, 2.75) is 53.0 Å². The molecule has 4 heterocycles. The lowest BCUT2D eigenvalue weighted by molar-refractivity contribution is -0.126. The number of anilines is 1. The molecule has 1 atom stereocenters. The van der Waals surface area contributed by atoms with Crippen molar-refractivity contribution in [1.29, 1.82) is 0 Å². The Morgan fingerprint density at radius 2 is 1.91 bits per heavy atom. The van der Waals surface area contributed by atoms with E-state index in [1.54, 1.807) is 27.9 Å². The summed E-state index contributed by atoms with van der Waals surface area (Å²) in [6.45, 7) is 13.5. The highest BCUT2D eigenvalue weighted by molar-refractivity contribution is 6.01. The Bertz CT molecular complexity index is 1810. The summed E-state index contributed by atoms with van der Waals surface area (Å²) in [5, 5.41) is 0.743. The van der Waals surface area contributed by atoms with Gasteiger partial charge in [-0.05, 0) is 67.2 Å². The third kappa shape index (κ3) is 4.67. The molecular formula is C34H36FN5O3. The highest BCUT2D eigenvalue weighted by atomic mass is 19.1. The average molecular weight is 582 g/mol. The second-order valence-corrected chi connectivity index (χ2v) is 11.3. The van der Waals surface area contributed by atoms with E-state index in [1.807, 2.05) is 39.8 Å². The van der Waals surface area contributed by atoms with Crippen LogP contribution in [-0.4, -0.2) is 57.6 Å². The third-order valence-electron chi connectivity index (χ3n) is 8.72. The maximum absolute atomic E-state index is 15.6. The Balaban J connectivity index is 1.72. The van der Waals surface area contributed by atoms with Gasteiger partial charge in [-0.3, -0.25) is 14.3 Å². The van der Waals surface area contributed by atoms with Crippen LogP contribution in [0.5, 0.6) is 5.75 Å². The van der Waals surface area contributed by atoms with Gasteiger partial charge >= 0.3 is 5.69 Å². The number of nitrogens with zero attached hydrogens (tertiary/aromatic N) is 5. The summed E-state index contributed by atoms with van der Waals surface area (Å²) in [5.74, 6) is 0.575. The molecule has 8 nitrogen and oxygen atoms in total. The first-order valence-corrected chi connectivity index (χ1v) is 14.9. The van der Waals surface area contributed by atoms with Crippen LogP contribution in [0.25, 0.3) is 27.7 Å². The van der Waals surface area contributed by atoms with Crippen LogP contribution in [0.2, 0.25) is 0 Å². The molecule has 0 spiro atoms. The van der Waals surface area contributed by atoms with E-state index in [2.05, 4.69) is 16.5 Å². The number of ether oxygens (including phenoxy) is 1. The second-order valence-electron chi connectivity index (χ2n) is 11.3. The molecule has 0 radical (unpaired) electrons. The lowest BCUT2D eigenvalue weighted by Crippen LogP contribution is -2.54. The molecule has 1 amide bonds. The molecule has 0 saturated carbocycles. The summed E-state index contributed by atoms with van der Waals surface area (Å²) in [5.41, 5.74) is 5.57. The van der Waals surface area contributed by atoms with Crippen LogP contribution in [0.4, 0.5) is 10.2 Å². The topological polar surface area (TPSA) is 80.6 Å². The normalized spacial score (nSPS) is 16.3. The Morgan fingerprint density at radius 3 is 2.58 bits per heavy atom. The largest absolute Gasteiger partial charge is 0.490 e. The number of amides is 1. The number of piperazine rings is 1. The van der Waals surface area contributed by atoms with Crippen molar-refractivity contribution >= 4 is 22.6 Å². The van der Waals surface area contributed by atoms with Gasteiger partial charge in [-0.25, -0.2) is 9.18 Å². The molecule has 2 aliphatic heterocycles. The first-order chi connectivity index (χ1) is 20.8. The minimum Gasteiger partial charge on any atom is -0.490 e. The first kappa shape index (κ1) is 28.6. The van der Waals surface area contributed by atoms with E-state index < -0.39 is 5.69 Å². The fraction of sp³-hybridized carbons (Fsp3) is 0.353. The van der Waals surface area contributed by atoms with Gasteiger partial charge in [0.1, 0.15) is 17.2 Å². The summed E-state index contributed by atoms with van der Waals surface area (Å²) in [6.07, 6.45) is 6.78. The fourth-order valence-electron chi connectivity index (χ4n) is 6.62. The molecule has 222 valence electrons. The van der Waals surface area contributed by atoms with E-state index >= 15 is 4.39 Å². The van der Waals surface area contributed by atoms with Crippen molar-refractivity contribution in [2.24, 2.45) is 0 Å². The maximum atomic E-state index is 15.6. The van der Waals surface area contributed by atoms with Gasteiger partial charge in [0, 0.05) is 61.0 Å². The van der Waals surface area contributed by atoms with Crippen LogP contribution in [0.3, 0.4) is 0 Å². The molecule has 2 aliphatic rings. The molecule has 9 heteroatoms. The maximum Gasteiger partial charge on any atom is 0.354 e. The van der Waals surface area contributed by atoms with E-state index in [0.717, 1.165) is 33.3 Å². The zero-order valence-corrected chi connectivity index (χ0v) is 25.1. The Morgan fingerprint density at radius 1 is 1.16 bits per heavy atom. The SMILES string of the molecule is C=CC(=O)N1CCN(c2nc(=O)n(-c3c(CC)cncc3CC)c3c4c(c(C)cc23)-c2c(F)cccc2CCO4)[C@@H](C)C1. The van der Waals surface area contributed by atoms with Crippen LogP contribution in [0, 0.1) is 12.7 Å². The molecule has 1 fully saturated rings. The molecule has 2 aromatic carbocycles. The summed E-state index contributed by atoms with van der Waals surface area (Å²) >= 11 is 0. The molecule has 0 unspecified atom stereocenters. The van der Waals surface area contributed by atoms with Crippen molar-refractivity contribution in [2.75, 3.05) is 31.1 Å². The number of aromatic nitrogens is 3. The molecular weight excluding hydrogens is 545 g/mol. The molecule has 1 saturated heterocycles. The minimum atomic E-state index is -0.442. The second kappa shape index (κ2) is 11.3. The van der Waals surface area contributed by atoms with E-state index in [-0.39, 0.29) is 17.8 Å². The van der Waals surface area contributed by atoms with Gasteiger partial charge in [0.05, 0.1) is 12.3 Å². The lowest BCUT2D eigenvalue weighted by atomic mass is 9.92. The summed E-state index contributed by atoms with van der Waals surface area (Å²) in [6, 6.07) is 7.03. The van der Waals surface area contributed by atoms with Gasteiger partial charge in [-0.2, -0.15) is 4.98 Å². The average Bonchev–Trinajstić information content (AvgIpc) is 3.21.